The van der Waals surface area contributed by atoms with Crippen LogP contribution in [0, 0.1) is 0 Å². The predicted molar refractivity (Wildman–Crippen MR) is 84.5 cm³/mol. The maximum Gasteiger partial charge on any atom is 0.251 e. The van der Waals surface area contributed by atoms with Crippen molar-refractivity contribution in [1.82, 2.24) is 5.32 Å². The molecule has 2 aromatic carbocycles. The molecule has 0 aliphatic heterocycles. The van der Waals surface area contributed by atoms with Gasteiger partial charge in [-0.2, -0.15) is 0 Å². The van der Waals surface area contributed by atoms with Gasteiger partial charge < -0.3 is 10.4 Å². The van der Waals surface area contributed by atoms with Crippen molar-refractivity contribution in [2.75, 3.05) is 6.61 Å². The standard InChI is InChI=1S/C17H18ClNO2/c18-11-14-6-8-15(9-7-14)17(21)19-16(12-20)10-13-4-2-1-3-5-13/h1-9,16,20H,10-12H2,(H,19,21)/t16-/m1/s1. The smallest absolute Gasteiger partial charge is 0.251 e. The van der Waals surface area contributed by atoms with Gasteiger partial charge in [0.05, 0.1) is 12.6 Å². The Labute approximate surface area is 129 Å². The van der Waals surface area contributed by atoms with E-state index in [9.17, 15) is 9.90 Å². The van der Waals surface area contributed by atoms with Crippen molar-refractivity contribution in [3.8, 4) is 0 Å². The van der Waals surface area contributed by atoms with Crippen LogP contribution < -0.4 is 5.32 Å². The lowest BCUT2D eigenvalue weighted by Gasteiger charge is -2.16. The summed E-state index contributed by atoms with van der Waals surface area (Å²) >= 11 is 5.72. The number of halogens is 1. The number of aliphatic hydroxyl groups is 1. The average Bonchev–Trinajstić information content (AvgIpc) is 2.55. The second kappa shape index (κ2) is 7.81. The third kappa shape index (κ3) is 4.59. The van der Waals surface area contributed by atoms with Crippen molar-refractivity contribution in [2.45, 2.75) is 18.3 Å². The highest BCUT2D eigenvalue weighted by Crippen LogP contribution is 2.08. The van der Waals surface area contributed by atoms with Crippen molar-refractivity contribution in [3.05, 3.63) is 71.3 Å². The van der Waals surface area contributed by atoms with Crippen molar-refractivity contribution in [2.24, 2.45) is 0 Å². The summed E-state index contributed by atoms with van der Waals surface area (Å²) in [4.78, 5) is 12.1. The Morgan fingerprint density at radius 1 is 1.05 bits per heavy atom. The first-order chi connectivity index (χ1) is 10.2. The van der Waals surface area contributed by atoms with Crippen LogP contribution in [-0.4, -0.2) is 23.7 Å². The first-order valence-electron chi connectivity index (χ1n) is 6.83. The van der Waals surface area contributed by atoms with Gasteiger partial charge in [-0.1, -0.05) is 42.5 Å². The summed E-state index contributed by atoms with van der Waals surface area (Å²) in [6.07, 6.45) is 0.600. The van der Waals surface area contributed by atoms with Crippen LogP contribution in [0.2, 0.25) is 0 Å². The van der Waals surface area contributed by atoms with Crippen molar-refractivity contribution >= 4 is 17.5 Å². The minimum atomic E-state index is -0.299. The number of carbonyl (C=O) groups is 1. The number of aliphatic hydroxyl groups excluding tert-OH is 1. The van der Waals surface area contributed by atoms with E-state index < -0.39 is 0 Å². The second-order valence-corrected chi connectivity index (χ2v) is 5.14. The molecule has 4 heteroatoms. The van der Waals surface area contributed by atoms with E-state index in [0.717, 1.165) is 11.1 Å². The maximum absolute atomic E-state index is 12.1. The maximum atomic E-state index is 12.1. The zero-order valence-corrected chi connectivity index (χ0v) is 12.4. The zero-order valence-electron chi connectivity index (χ0n) is 11.6. The van der Waals surface area contributed by atoms with Gasteiger partial charge in [0.2, 0.25) is 0 Å². The van der Waals surface area contributed by atoms with Crippen LogP contribution >= 0.6 is 11.6 Å². The Morgan fingerprint density at radius 3 is 2.29 bits per heavy atom. The lowest BCUT2D eigenvalue weighted by molar-refractivity contribution is 0.0916. The van der Waals surface area contributed by atoms with Crippen LogP contribution in [0.1, 0.15) is 21.5 Å². The van der Waals surface area contributed by atoms with Gasteiger partial charge in [0.15, 0.2) is 0 Å². The highest BCUT2D eigenvalue weighted by atomic mass is 35.5. The van der Waals surface area contributed by atoms with Crippen LogP contribution in [-0.2, 0) is 12.3 Å². The molecule has 2 rings (SSSR count). The van der Waals surface area contributed by atoms with Gasteiger partial charge in [-0.15, -0.1) is 11.6 Å². The van der Waals surface area contributed by atoms with Crippen LogP contribution in [0.5, 0.6) is 0 Å². The van der Waals surface area contributed by atoms with E-state index in [1.54, 1.807) is 12.1 Å². The molecule has 0 unspecified atom stereocenters. The fraction of sp³-hybridized carbons (Fsp3) is 0.235. The van der Waals surface area contributed by atoms with E-state index >= 15 is 0 Å². The molecule has 0 saturated carbocycles. The van der Waals surface area contributed by atoms with Crippen LogP contribution in [0.15, 0.2) is 54.6 Å². The zero-order chi connectivity index (χ0) is 15.1. The summed E-state index contributed by atoms with van der Waals surface area (Å²) in [5, 5.41) is 12.3. The number of nitrogens with one attached hydrogen (secondary N) is 1. The number of hydrogen-bond donors (Lipinski definition) is 2. The monoisotopic (exact) mass is 303 g/mol. The lowest BCUT2D eigenvalue weighted by atomic mass is 10.1. The van der Waals surface area contributed by atoms with E-state index in [2.05, 4.69) is 5.32 Å². The van der Waals surface area contributed by atoms with Gasteiger partial charge in [0.1, 0.15) is 0 Å². The molecule has 0 saturated heterocycles. The SMILES string of the molecule is O=C(N[C@@H](CO)Cc1ccccc1)c1ccc(CCl)cc1. The quantitative estimate of drug-likeness (QED) is 0.806. The molecule has 3 nitrogen and oxygen atoms in total. The normalized spacial score (nSPS) is 11.9. The topological polar surface area (TPSA) is 49.3 Å². The Morgan fingerprint density at radius 2 is 1.71 bits per heavy atom. The van der Waals surface area contributed by atoms with Crippen molar-refractivity contribution in [3.63, 3.8) is 0 Å². The third-order valence-electron chi connectivity index (χ3n) is 3.25. The molecular weight excluding hydrogens is 286 g/mol. The summed E-state index contributed by atoms with van der Waals surface area (Å²) in [6, 6.07) is 16.6. The summed E-state index contributed by atoms with van der Waals surface area (Å²) in [6.45, 7) is -0.0968. The molecule has 0 fully saturated rings. The molecule has 1 amide bonds. The summed E-state index contributed by atoms with van der Waals surface area (Å²) in [5.41, 5.74) is 2.61. The van der Waals surface area contributed by atoms with Gasteiger partial charge >= 0.3 is 0 Å². The largest absolute Gasteiger partial charge is 0.394 e. The minimum absolute atomic E-state index is 0.0968. The minimum Gasteiger partial charge on any atom is -0.394 e. The number of carbonyl (C=O) groups excluding carboxylic acids is 1. The Bertz CT molecular complexity index is 569. The first kappa shape index (κ1) is 15.5. The Balaban J connectivity index is 1.98. The molecule has 21 heavy (non-hydrogen) atoms. The number of amides is 1. The molecule has 0 bridgehead atoms. The fourth-order valence-electron chi connectivity index (χ4n) is 2.07. The molecule has 2 aromatic rings. The Hall–Kier alpha value is -1.84. The second-order valence-electron chi connectivity index (χ2n) is 4.87. The Kier molecular flexibility index (Phi) is 5.78. The molecule has 0 heterocycles. The van der Waals surface area contributed by atoms with Gasteiger partial charge in [-0.25, -0.2) is 0 Å². The highest BCUT2D eigenvalue weighted by Gasteiger charge is 2.13. The fourth-order valence-corrected chi connectivity index (χ4v) is 2.25. The molecular formula is C17H18ClNO2. The van der Waals surface area contributed by atoms with Crippen LogP contribution in [0.25, 0.3) is 0 Å². The van der Waals surface area contributed by atoms with E-state index in [0.29, 0.717) is 17.9 Å². The average molecular weight is 304 g/mol. The first-order valence-corrected chi connectivity index (χ1v) is 7.37. The molecule has 0 aliphatic rings. The van der Waals surface area contributed by atoms with E-state index in [1.807, 2.05) is 42.5 Å². The molecule has 1 atom stereocenters. The molecule has 0 aromatic heterocycles. The molecule has 0 radical (unpaired) electrons. The lowest BCUT2D eigenvalue weighted by Crippen LogP contribution is -2.39. The molecule has 0 spiro atoms. The number of rotatable bonds is 6. The summed E-state index contributed by atoms with van der Waals surface area (Å²) < 4.78 is 0. The van der Waals surface area contributed by atoms with Crippen molar-refractivity contribution < 1.29 is 9.90 Å². The molecule has 110 valence electrons. The van der Waals surface area contributed by atoms with Gasteiger partial charge in [-0.3, -0.25) is 4.79 Å². The molecule has 2 N–H and O–H groups in total. The summed E-state index contributed by atoms with van der Waals surface area (Å²) in [7, 11) is 0. The molecule has 0 aliphatic carbocycles. The number of alkyl halides is 1. The predicted octanol–water partition coefficient (Wildman–Crippen LogP) is 2.76. The van der Waals surface area contributed by atoms with Crippen LogP contribution in [0.4, 0.5) is 0 Å². The highest BCUT2D eigenvalue weighted by molar-refractivity contribution is 6.17. The van der Waals surface area contributed by atoms with Gasteiger partial charge in [0, 0.05) is 11.4 Å². The number of benzene rings is 2. The van der Waals surface area contributed by atoms with Crippen LogP contribution in [0.3, 0.4) is 0 Å². The third-order valence-corrected chi connectivity index (χ3v) is 3.56. The van der Waals surface area contributed by atoms with E-state index in [1.165, 1.54) is 0 Å². The number of hydrogen-bond acceptors (Lipinski definition) is 2. The van der Waals surface area contributed by atoms with E-state index in [4.69, 9.17) is 11.6 Å². The van der Waals surface area contributed by atoms with Gasteiger partial charge in [-0.05, 0) is 29.7 Å². The van der Waals surface area contributed by atoms with Crippen molar-refractivity contribution in [1.29, 1.82) is 0 Å². The summed E-state index contributed by atoms with van der Waals surface area (Å²) in [5.74, 6) is 0.237. The van der Waals surface area contributed by atoms with E-state index in [-0.39, 0.29) is 18.6 Å². The van der Waals surface area contributed by atoms with Gasteiger partial charge in [0.25, 0.3) is 5.91 Å².